The van der Waals surface area contributed by atoms with Crippen molar-refractivity contribution in [2.45, 2.75) is 6.92 Å². The molecule has 0 spiro atoms. The number of aromatic carboxylic acids is 1. The van der Waals surface area contributed by atoms with Gasteiger partial charge in [-0.3, -0.25) is 0 Å². The van der Waals surface area contributed by atoms with Crippen molar-refractivity contribution < 1.29 is 18.7 Å². The van der Waals surface area contributed by atoms with Gasteiger partial charge >= 0.3 is 5.97 Å². The molecule has 0 unspecified atom stereocenters. The number of carbonyl (C=O) groups is 1. The molecule has 0 bridgehead atoms. The van der Waals surface area contributed by atoms with Crippen LogP contribution in [0.2, 0.25) is 0 Å². The molecule has 0 aliphatic rings. The summed E-state index contributed by atoms with van der Waals surface area (Å²) >= 11 is 0. The van der Waals surface area contributed by atoms with Gasteiger partial charge in [0.15, 0.2) is 0 Å². The largest absolute Gasteiger partial charge is 0.478 e. The zero-order valence-corrected chi connectivity index (χ0v) is 11.3. The molecule has 6 heteroatoms. The Labute approximate surface area is 120 Å². The standard InChI is InChI=1S/C15H14F2N2O2/c1-2-19(10-5-3-4-9(16)8-10)12-7-6-11(17)14(18)13(12)15(20)21/h3-8H,2,18H2,1H3,(H,20,21). The highest BCUT2D eigenvalue weighted by Crippen LogP contribution is 2.33. The molecular weight excluding hydrogens is 278 g/mol. The Morgan fingerprint density at radius 2 is 2.00 bits per heavy atom. The third-order valence-corrected chi connectivity index (χ3v) is 3.11. The van der Waals surface area contributed by atoms with Crippen LogP contribution in [0, 0.1) is 11.6 Å². The second-order valence-electron chi connectivity index (χ2n) is 4.38. The van der Waals surface area contributed by atoms with Crippen LogP contribution in [-0.4, -0.2) is 17.6 Å². The van der Waals surface area contributed by atoms with Gasteiger partial charge in [-0.25, -0.2) is 13.6 Å². The van der Waals surface area contributed by atoms with Crippen LogP contribution in [0.5, 0.6) is 0 Å². The zero-order valence-electron chi connectivity index (χ0n) is 11.3. The second kappa shape index (κ2) is 5.78. The lowest BCUT2D eigenvalue weighted by atomic mass is 10.1. The first-order valence-electron chi connectivity index (χ1n) is 6.30. The number of anilines is 3. The van der Waals surface area contributed by atoms with E-state index in [2.05, 4.69) is 0 Å². The van der Waals surface area contributed by atoms with Gasteiger partial charge in [-0.1, -0.05) is 6.07 Å². The lowest BCUT2D eigenvalue weighted by molar-refractivity contribution is 0.0698. The van der Waals surface area contributed by atoms with E-state index >= 15 is 0 Å². The normalized spacial score (nSPS) is 10.4. The molecule has 3 N–H and O–H groups in total. The molecule has 110 valence electrons. The minimum absolute atomic E-state index is 0.217. The van der Waals surface area contributed by atoms with Gasteiger partial charge < -0.3 is 15.7 Å². The fourth-order valence-corrected chi connectivity index (χ4v) is 2.17. The van der Waals surface area contributed by atoms with Crippen LogP contribution in [0.25, 0.3) is 0 Å². The Morgan fingerprint density at radius 3 is 2.57 bits per heavy atom. The van der Waals surface area contributed by atoms with Crippen molar-refractivity contribution in [3.05, 3.63) is 53.6 Å². The summed E-state index contributed by atoms with van der Waals surface area (Å²) in [6.45, 7) is 2.14. The van der Waals surface area contributed by atoms with Crippen LogP contribution in [0.4, 0.5) is 25.8 Å². The van der Waals surface area contributed by atoms with Crippen LogP contribution >= 0.6 is 0 Å². The van der Waals surface area contributed by atoms with Gasteiger partial charge in [0.2, 0.25) is 0 Å². The smallest absolute Gasteiger partial charge is 0.340 e. The summed E-state index contributed by atoms with van der Waals surface area (Å²) in [5, 5.41) is 9.27. The Bertz CT molecular complexity index is 689. The highest BCUT2D eigenvalue weighted by Gasteiger charge is 2.22. The van der Waals surface area contributed by atoms with E-state index in [1.807, 2.05) is 0 Å². The van der Waals surface area contributed by atoms with Crippen molar-refractivity contribution >= 4 is 23.0 Å². The van der Waals surface area contributed by atoms with Crippen LogP contribution in [0.3, 0.4) is 0 Å². The third kappa shape index (κ3) is 2.79. The van der Waals surface area contributed by atoms with E-state index in [0.717, 1.165) is 6.07 Å². The first-order valence-corrected chi connectivity index (χ1v) is 6.30. The van der Waals surface area contributed by atoms with E-state index in [1.165, 1.54) is 24.3 Å². The highest BCUT2D eigenvalue weighted by atomic mass is 19.1. The summed E-state index contributed by atoms with van der Waals surface area (Å²) in [6.07, 6.45) is 0. The maximum atomic E-state index is 13.5. The summed E-state index contributed by atoms with van der Waals surface area (Å²) in [6, 6.07) is 8.13. The molecule has 0 aliphatic heterocycles. The number of benzene rings is 2. The van der Waals surface area contributed by atoms with Gasteiger partial charge in [-0.2, -0.15) is 0 Å². The molecule has 0 atom stereocenters. The molecule has 2 aromatic rings. The number of hydrogen-bond acceptors (Lipinski definition) is 3. The predicted octanol–water partition coefficient (Wildman–Crippen LogP) is 3.40. The van der Waals surface area contributed by atoms with Crippen molar-refractivity contribution in [1.29, 1.82) is 0 Å². The van der Waals surface area contributed by atoms with E-state index in [4.69, 9.17) is 5.73 Å². The minimum atomic E-state index is -1.34. The minimum Gasteiger partial charge on any atom is -0.478 e. The average molecular weight is 292 g/mol. The molecular formula is C15H14F2N2O2. The SMILES string of the molecule is CCN(c1cccc(F)c1)c1ccc(F)c(N)c1C(=O)O. The number of nitrogens with zero attached hydrogens (tertiary/aromatic N) is 1. The number of nitrogens with two attached hydrogens (primary N) is 1. The summed E-state index contributed by atoms with van der Waals surface area (Å²) in [7, 11) is 0. The highest BCUT2D eigenvalue weighted by molar-refractivity contribution is 6.01. The molecule has 0 aliphatic carbocycles. The molecule has 0 saturated carbocycles. The Balaban J connectivity index is 2.63. The van der Waals surface area contributed by atoms with Crippen molar-refractivity contribution in [3.63, 3.8) is 0 Å². The fourth-order valence-electron chi connectivity index (χ4n) is 2.17. The maximum absolute atomic E-state index is 13.5. The van der Waals surface area contributed by atoms with Crippen LogP contribution in [0.1, 0.15) is 17.3 Å². The van der Waals surface area contributed by atoms with Crippen molar-refractivity contribution in [3.8, 4) is 0 Å². The van der Waals surface area contributed by atoms with Gasteiger partial charge in [0.25, 0.3) is 0 Å². The van der Waals surface area contributed by atoms with E-state index in [1.54, 1.807) is 17.9 Å². The predicted molar refractivity (Wildman–Crippen MR) is 76.9 cm³/mol. The van der Waals surface area contributed by atoms with Crippen molar-refractivity contribution in [1.82, 2.24) is 0 Å². The quantitative estimate of drug-likeness (QED) is 0.848. The Morgan fingerprint density at radius 1 is 1.29 bits per heavy atom. The van der Waals surface area contributed by atoms with Gasteiger partial charge in [0, 0.05) is 12.2 Å². The van der Waals surface area contributed by atoms with Gasteiger partial charge in [0.05, 0.1) is 11.4 Å². The van der Waals surface area contributed by atoms with Gasteiger partial charge in [-0.15, -0.1) is 0 Å². The van der Waals surface area contributed by atoms with Gasteiger partial charge in [0.1, 0.15) is 17.2 Å². The van der Waals surface area contributed by atoms with Gasteiger partial charge in [-0.05, 0) is 37.3 Å². The number of carboxylic acid groups (broad SMARTS) is 1. The van der Waals surface area contributed by atoms with Crippen molar-refractivity contribution in [2.75, 3.05) is 17.2 Å². The van der Waals surface area contributed by atoms with Crippen molar-refractivity contribution in [2.24, 2.45) is 0 Å². The average Bonchev–Trinajstić information content (AvgIpc) is 2.43. The second-order valence-corrected chi connectivity index (χ2v) is 4.38. The first kappa shape index (κ1) is 14.8. The molecule has 0 radical (unpaired) electrons. The number of carboxylic acids is 1. The van der Waals surface area contributed by atoms with E-state index in [-0.39, 0.29) is 11.3 Å². The first-order chi connectivity index (χ1) is 9.95. The molecule has 0 aromatic heterocycles. The lowest BCUT2D eigenvalue weighted by Gasteiger charge is -2.25. The number of hydrogen-bond donors (Lipinski definition) is 2. The fraction of sp³-hybridized carbons (Fsp3) is 0.133. The van der Waals surface area contributed by atoms with E-state index in [0.29, 0.717) is 12.2 Å². The number of rotatable bonds is 4. The molecule has 0 fully saturated rings. The number of halogens is 2. The zero-order chi connectivity index (χ0) is 15.6. The molecule has 2 rings (SSSR count). The molecule has 4 nitrogen and oxygen atoms in total. The third-order valence-electron chi connectivity index (χ3n) is 3.11. The topological polar surface area (TPSA) is 66.6 Å². The molecule has 0 heterocycles. The lowest BCUT2D eigenvalue weighted by Crippen LogP contribution is -2.20. The molecule has 21 heavy (non-hydrogen) atoms. The molecule has 0 amide bonds. The summed E-state index contributed by atoms with van der Waals surface area (Å²) in [4.78, 5) is 12.9. The summed E-state index contributed by atoms with van der Waals surface area (Å²) in [5.74, 6) is -2.58. The summed E-state index contributed by atoms with van der Waals surface area (Å²) < 4.78 is 26.8. The monoisotopic (exact) mass is 292 g/mol. The Kier molecular flexibility index (Phi) is 4.07. The molecule has 2 aromatic carbocycles. The maximum Gasteiger partial charge on any atom is 0.340 e. The number of nitrogen functional groups attached to an aromatic ring is 1. The van der Waals surface area contributed by atoms with Crippen LogP contribution in [-0.2, 0) is 0 Å². The molecule has 0 saturated heterocycles. The Hall–Kier alpha value is -2.63. The summed E-state index contributed by atoms with van der Waals surface area (Å²) in [5.41, 5.74) is 5.44. The van der Waals surface area contributed by atoms with E-state index in [9.17, 15) is 18.7 Å². The van der Waals surface area contributed by atoms with E-state index < -0.39 is 23.3 Å². The van der Waals surface area contributed by atoms with Crippen LogP contribution < -0.4 is 10.6 Å². The van der Waals surface area contributed by atoms with Crippen LogP contribution in [0.15, 0.2) is 36.4 Å².